The standard InChI is InChI=1S/C13H13NOS/c1-16-13-11(8-5-9-14-13)12(15)10-6-3-2-4-7-10/h2-9,12,15H,1H3. The number of rotatable bonds is 3. The SMILES string of the molecule is CSc1ncccc1C(O)c1ccccc1. The van der Waals surface area contributed by atoms with Crippen LogP contribution in [0.15, 0.2) is 53.7 Å². The molecule has 0 fully saturated rings. The summed E-state index contributed by atoms with van der Waals surface area (Å²) in [4.78, 5) is 4.25. The van der Waals surface area contributed by atoms with Gasteiger partial charge in [0.2, 0.25) is 0 Å². The zero-order valence-electron chi connectivity index (χ0n) is 9.00. The van der Waals surface area contributed by atoms with Gasteiger partial charge in [-0.1, -0.05) is 36.4 Å². The largest absolute Gasteiger partial charge is 0.384 e. The average molecular weight is 231 g/mol. The molecule has 2 nitrogen and oxygen atoms in total. The van der Waals surface area contributed by atoms with Crippen LogP contribution in [0.4, 0.5) is 0 Å². The highest BCUT2D eigenvalue weighted by Crippen LogP contribution is 2.27. The lowest BCUT2D eigenvalue weighted by molar-refractivity contribution is 0.216. The van der Waals surface area contributed by atoms with Gasteiger partial charge in [0, 0.05) is 11.8 Å². The lowest BCUT2D eigenvalue weighted by atomic mass is 10.0. The second-order valence-corrected chi connectivity index (χ2v) is 4.21. The highest BCUT2D eigenvalue weighted by atomic mass is 32.2. The first-order valence-electron chi connectivity index (χ1n) is 5.05. The lowest BCUT2D eigenvalue weighted by Gasteiger charge is -2.13. The molecule has 0 spiro atoms. The van der Waals surface area contributed by atoms with Crippen LogP contribution in [-0.2, 0) is 0 Å². The van der Waals surface area contributed by atoms with Crippen LogP contribution in [0.3, 0.4) is 0 Å². The normalized spacial score (nSPS) is 12.4. The molecule has 1 unspecified atom stereocenters. The zero-order chi connectivity index (χ0) is 11.4. The van der Waals surface area contributed by atoms with Crippen LogP contribution < -0.4 is 0 Å². The number of thioether (sulfide) groups is 1. The van der Waals surface area contributed by atoms with Gasteiger partial charge >= 0.3 is 0 Å². The maximum absolute atomic E-state index is 10.3. The van der Waals surface area contributed by atoms with Crippen molar-refractivity contribution in [3.63, 3.8) is 0 Å². The Labute approximate surface area is 99.4 Å². The summed E-state index contributed by atoms with van der Waals surface area (Å²) in [6, 6.07) is 13.4. The van der Waals surface area contributed by atoms with E-state index in [1.807, 2.05) is 48.7 Å². The van der Waals surface area contributed by atoms with Crippen LogP contribution in [0.2, 0.25) is 0 Å². The molecule has 0 saturated heterocycles. The average Bonchev–Trinajstić information content (AvgIpc) is 2.39. The van der Waals surface area contributed by atoms with Crippen molar-refractivity contribution in [2.24, 2.45) is 0 Å². The van der Waals surface area contributed by atoms with Crippen molar-refractivity contribution in [2.75, 3.05) is 6.26 Å². The van der Waals surface area contributed by atoms with E-state index in [0.29, 0.717) is 0 Å². The molecule has 2 rings (SSSR count). The lowest BCUT2D eigenvalue weighted by Crippen LogP contribution is -2.02. The minimum Gasteiger partial charge on any atom is -0.384 e. The van der Waals surface area contributed by atoms with Gasteiger partial charge in [0.1, 0.15) is 11.1 Å². The van der Waals surface area contributed by atoms with Gasteiger partial charge in [-0.15, -0.1) is 11.8 Å². The molecule has 82 valence electrons. The fourth-order valence-electron chi connectivity index (χ4n) is 1.60. The van der Waals surface area contributed by atoms with Crippen LogP contribution in [-0.4, -0.2) is 16.3 Å². The molecule has 0 aliphatic rings. The molecule has 1 aromatic carbocycles. The Balaban J connectivity index is 2.37. The predicted molar refractivity (Wildman–Crippen MR) is 66.5 cm³/mol. The molecule has 3 heteroatoms. The monoisotopic (exact) mass is 231 g/mol. The van der Waals surface area contributed by atoms with Crippen molar-refractivity contribution < 1.29 is 5.11 Å². The fourth-order valence-corrected chi connectivity index (χ4v) is 2.18. The molecule has 0 radical (unpaired) electrons. The quantitative estimate of drug-likeness (QED) is 0.824. The van der Waals surface area contributed by atoms with Gasteiger partial charge in [0.05, 0.1) is 0 Å². The molecule has 0 saturated carbocycles. The van der Waals surface area contributed by atoms with Crippen LogP contribution >= 0.6 is 11.8 Å². The van der Waals surface area contributed by atoms with Crippen molar-refractivity contribution in [1.29, 1.82) is 0 Å². The van der Waals surface area contributed by atoms with Crippen molar-refractivity contribution in [3.05, 3.63) is 59.8 Å². The van der Waals surface area contributed by atoms with Gasteiger partial charge in [0.25, 0.3) is 0 Å². The molecular weight excluding hydrogens is 218 g/mol. The molecular formula is C13H13NOS. The van der Waals surface area contributed by atoms with Gasteiger partial charge in [-0.05, 0) is 17.9 Å². The molecule has 2 aromatic rings. The van der Waals surface area contributed by atoms with E-state index in [-0.39, 0.29) is 0 Å². The van der Waals surface area contributed by atoms with Crippen LogP contribution in [0.5, 0.6) is 0 Å². The van der Waals surface area contributed by atoms with Gasteiger partial charge in [-0.3, -0.25) is 0 Å². The number of nitrogens with zero attached hydrogens (tertiary/aromatic N) is 1. The highest BCUT2D eigenvalue weighted by Gasteiger charge is 2.14. The van der Waals surface area contributed by atoms with Crippen LogP contribution in [0.1, 0.15) is 17.2 Å². The molecule has 1 atom stereocenters. The number of pyridine rings is 1. The molecule has 16 heavy (non-hydrogen) atoms. The Morgan fingerprint density at radius 1 is 1.12 bits per heavy atom. The van der Waals surface area contributed by atoms with E-state index < -0.39 is 6.10 Å². The highest BCUT2D eigenvalue weighted by molar-refractivity contribution is 7.98. The summed E-state index contributed by atoms with van der Waals surface area (Å²) >= 11 is 1.55. The number of benzene rings is 1. The van der Waals surface area contributed by atoms with Crippen molar-refractivity contribution in [1.82, 2.24) is 4.98 Å². The van der Waals surface area contributed by atoms with E-state index in [4.69, 9.17) is 0 Å². The van der Waals surface area contributed by atoms with E-state index in [1.54, 1.807) is 18.0 Å². The van der Waals surface area contributed by atoms with E-state index in [1.165, 1.54) is 0 Å². The maximum atomic E-state index is 10.3. The minimum absolute atomic E-state index is 0.600. The Bertz CT molecular complexity index is 458. The first-order chi connectivity index (χ1) is 7.83. The van der Waals surface area contributed by atoms with E-state index in [0.717, 1.165) is 16.2 Å². The van der Waals surface area contributed by atoms with Gasteiger partial charge < -0.3 is 5.11 Å². The second-order valence-electron chi connectivity index (χ2n) is 3.42. The number of aliphatic hydroxyl groups is 1. The van der Waals surface area contributed by atoms with Crippen molar-refractivity contribution >= 4 is 11.8 Å². The van der Waals surface area contributed by atoms with Gasteiger partial charge in [-0.2, -0.15) is 0 Å². The van der Waals surface area contributed by atoms with E-state index >= 15 is 0 Å². The van der Waals surface area contributed by atoms with Gasteiger partial charge in [-0.25, -0.2) is 4.98 Å². The molecule has 0 aliphatic carbocycles. The summed E-state index contributed by atoms with van der Waals surface area (Å²) in [5.74, 6) is 0. The molecule has 0 amide bonds. The summed E-state index contributed by atoms with van der Waals surface area (Å²) in [6.45, 7) is 0. The molecule has 1 heterocycles. The molecule has 0 aliphatic heterocycles. The van der Waals surface area contributed by atoms with Crippen molar-refractivity contribution in [2.45, 2.75) is 11.1 Å². The van der Waals surface area contributed by atoms with E-state index in [2.05, 4.69) is 4.98 Å². The van der Waals surface area contributed by atoms with Crippen LogP contribution in [0, 0.1) is 0 Å². The van der Waals surface area contributed by atoms with Crippen LogP contribution in [0.25, 0.3) is 0 Å². The van der Waals surface area contributed by atoms with Gasteiger partial charge in [0.15, 0.2) is 0 Å². The number of aromatic nitrogens is 1. The maximum Gasteiger partial charge on any atom is 0.107 e. The Morgan fingerprint density at radius 2 is 1.88 bits per heavy atom. The zero-order valence-corrected chi connectivity index (χ0v) is 9.82. The number of aliphatic hydroxyl groups excluding tert-OH is 1. The van der Waals surface area contributed by atoms with Crippen molar-refractivity contribution in [3.8, 4) is 0 Å². The van der Waals surface area contributed by atoms with E-state index in [9.17, 15) is 5.11 Å². The Morgan fingerprint density at radius 3 is 2.56 bits per heavy atom. The Hall–Kier alpha value is -1.32. The third-order valence-electron chi connectivity index (χ3n) is 2.40. The Kier molecular flexibility index (Phi) is 3.59. The number of hydrogen-bond acceptors (Lipinski definition) is 3. The molecule has 0 bridgehead atoms. The predicted octanol–water partition coefficient (Wildman–Crippen LogP) is 2.89. The second kappa shape index (κ2) is 5.14. The summed E-state index contributed by atoms with van der Waals surface area (Å²) in [7, 11) is 0. The molecule has 1 aromatic heterocycles. The first kappa shape index (κ1) is 11.2. The summed E-state index contributed by atoms with van der Waals surface area (Å²) in [6.07, 6.45) is 3.11. The minimum atomic E-state index is -0.600. The summed E-state index contributed by atoms with van der Waals surface area (Å²) in [5, 5.41) is 11.1. The fraction of sp³-hybridized carbons (Fsp3) is 0.154. The number of hydrogen-bond donors (Lipinski definition) is 1. The topological polar surface area (TPSA) is 33.1 Å². The molecule has 1 N–H and O–H groups in total. The smallest absolute Gasteiger partial charge is 0.107 e. The third-order valence-corrected chi connectivity index (χ3v) is 3.13. The first-order valence-corrected chi connectivity index (χ1v) is 6.27. The summed E-state index contributed by atoms with van der Waals surface area (Å²) in [5.41, 5.74) is 1.76. The third kappa shape index (κ3) is 2.26. The summed E-state index contributed by atoms with van der Waals surface area (Å²) < 4.78 is 0.